The Morgan fingerprint density at radius 2 is 2.11 bits per heavy atom. The van der Waals surface area contributed by atoms with Gasteiger partial charge in [-0.2, -0.15) is 0 Å². The molecular weight excluding hydrogens is 226 g/mol. The number of hydrogen-bond acceptors (Lipinski definition) is 3. The van der Waals surface area contributed by atoms with Crippen molar-refractivity contribution < 1.29 is 9.47 Å². The summed E-state index contributed by atoms with van der Waals surface area (Å²) in [6.45, 7) is 1.41. The second-order valence-electron chi connectivity index (χ2n) is 5.44. The molecule has 1 unspecified atom stereocenters. The predicted octanol–water partition coefficient (Wildman–Crippen LogP) is 2.62. The second kappa shape index (κ2) is 5.00. The molecule has 3 rings (SSSR count). The van der Waals surface area contributed by atoms with Crippen molar-refractivity contribution in [3.05, 3.63) is 35.9 Å². The molecule has 18 heavy (non-hydrogen) atoms. The fourth-order valence-electron chi connectivity index (χ4n) is 3.13. The number of ether oxygens (including phenoxy) is 2. The first-order valence-electron chi connectivity index (χ1n) is 6.88. The minimum atomic E-state index is -0.358. The maximum atomic E-state index is 6.23. The van der Waals surface area contributed by atoms with Crippen LogP contribution in [0.4, 0.5) is 0 Å². The highest BCUT2D eigenvalue weighted by Crippen LogP contribution is 2.44. The Morgan fingerprint density at radius 1 is 1.28 bits per heavy atom. The Hall–Kier alpha value is -0.900. The van der Waals surface area contributed by atoms with Gasteiger partial charge in [-0.25, -0.2) is 0 Å². The van der Waals surface area contributed by atoms with E-state index in [9.17, 15) is 0 Å². The monoisotopic (exact) mass is 247 g/mol. The van der Waals surface area contributed by atoms with Crippen LogP contribution in [0.5, 0.6) is 0 Å². The summed E-state index contributed by atoms with van der Waals surface area (Å²) in [5, 5.41) is 0. The Labute approximate surface area is 108 Å². The van der Waals surface area contributed by atoms with Crippen LogP contribution in [0.25, 0.3) is 0 Å². The molecule has 0 radical (unpaired) electrons. The van der Waals surface area contributed by atoms with Gasteiger partial charge in [-0.15, -0.1) is 0 Å². The molecule has 1 aromatic rings. The molecular formula is C15H21NO2. The molecule has 0 bridgehead atoms. The molecule has 1 spiro atoms. The molecule has 1 saturated carbocycles. The first-order chi connectivity index (χ1) is 8.81. The van der Waals surface area contributed by atoms with Crippen LogP contribution in [0, 0.1) is 5.92 Å². The van der Waals surface area contributed by atoms with Gasteiger partial charge in [-0.3, -0.25) is 0 Å². The van der Waals surface area contributed by atoms with Gasteiger partial charge in [0, 0.05) is 12.8 Å². The third-order valence-electron chi connectivity index (χ3n) is 4.13. The molecule has 1 heterocycles. The van der Waals surface area contributed by atoms with Gasteiger partial charge >= 0.3 is 0 Å². The topological polar surface area (TPSA) is 44.5 Å². The fraction of sp³-hybridized carbons (Fsp3) is 0.600. The van der Waals surface area contributed by atoms with Crippen molar-refractivity contribution in [1.82, 2.24) is 0 Å². The molecule has 1 saturated heterocycles. The van der Waals surface area contributed by atoms with Crippen molar-refractivity contribution in [2.45, 2.75) is 37.6 Å². The zero-order chi connectivity index (χ0) is 12.4. The molecule has 0 amide bonds. The normalized spacial score (nSPS) is 36.1. The molecule has 3 heteroatoms. The zero-order valence-electron chi connectivity index (χ0n) is 10.7. The Bertz CT molecular complexity index is 395. The van der Waals surface area contributed by atoms with Crippen LogP contribution in [0.15, 0.2) is 30.3 Å². The van der Waals surface area contributed by atoms with Gasteiger partial charge in [0.25, 0.3) is 0 Å². The Balaban J connectivity index is 1.71. The van der Waals surface area contributed by atoms with Gasteiger partial charge in [0.05, 0.1) is 6.61 Å². The summed E-state index contributed by atoms with van der Waals surface area (Å²) < 4.78 is 12.2. The van der Waals surface area contributed by atoms with Crippen molar-refractivity contribution in [1.29, 1.82) is 0 Å². The van der Waals surface area contributed by atoms with Gasteiger partial charge in [-0.1, -0.05) is 30.3 Å². The van der Waals surface area contributed by atoms with E-state index in [0.717, 1.165) is 25.8 Å². The van der Waals surface area contributed by atoms with E-state index >= 15 is 0 Å². The number of nitrogens with two attached hydrogens (primary N) is 1. The minimum absolute atomic E-state index is 0.0859. The van der Waals surface area contributed by atoms with Crippen LogP contribution >= 0.6 is 0 Å². The first-order valence-corrected chi connectivity index (χ1v) is 6.88. The van der Waals surface area contributed by atoms with Crippen molar-refractivity contribution in [2.75, 3.05) is 13.2 Å². The summed E-state index contributed by atoms with van der Waals surface area (Å²) in [6.07, 6.45) is 4.41. The van der Waals surface area contributed by atoms with Gasteiger partial charge < -0.3 is 15.2 Å². The lowest BCUT2D eigenvalue weighted by Gasteiger charge is -2.36. The largest absolute Gasteiger partial charge is 0.347 e. The third-order valence-corrected chi connectivity index (χ3v) is 4.13. The summed E-state index contributed by atoms with van der Waals surface area (Å²) in [4.78, 5) is 0. The smallest absolute Gasteiger partial charge is 0.169 e. The lowest BCUT2D eigenvalue weighted by molar-refractivity contribution is -0.196. The lowest BCUT2D eigenvalue weighted by atomic mass is 9.85. The maximum absolute atomic E-state index is 6.23. The molecule has 98 valence electrons. The molecule has 2 fully saturated rings. The predicted molar refractivity (Wildman–Crippen MR) is 70.0 cm³/mol. The number of benzene rings is 1. The number of rotatable bonds is 2. The van der Waals surface area contributed by atoms with E-state index in [1.54, 1.807) is 0 Å². The summed E-state index contributed by atoms with van der Waals surface area (Å²) in [6, 6.07) is 10.3. The first kappa shape index (κ1) is 12.2. The Kier molecular flexibility index (Phi) is 3.37. The molecule has 0 aromatic heterocycles. The van der Waals surface area contributed by atoms with E-state index in [2.05, 4.69) is 12.1 Å². The molecule has 1 aromatic carbocycles. The SMILES string of the molecule is NC[C@H]1CCCC2(C1)OC[C@@H](c1ccccc1)O2. The molecule has 1 aliphatic heterocycles. The number of hydrogen-bond donors (Lipinski definition) is 1. The minimum Gasteiger partial charge on any atom is -0.347 e. The molecule has 3 atom stereocenters. The van der Waals surface area contributed by atoms with Crippen molar-refractivity contribution in [3.8, 4) is 0 Å². The fourth-order valence-corrected chi connectivity index (χ4v) is 3.13. The summed E-state index contributed by atoms with van der Waals surface area (Å²) in [5.74, 6) is 0.191. The van der Waals surface area contributed by atoms with Crippen LogP contribution in [0.2, 0.25) is 0 Å². The molecule has 2 N–H and O–H groups in total. The average Bonchev–Trinajstić information content (AvgIpc) is 2.83. The maximum Gasteiger partial charge on any atom is 0.169 e. The van der Waals surface area contributed by atoms with E-state index in [1.807, 2.05) is 18.2 Å². The van der Waals surface area contributed by atoms with Gasteiger partial charge in [-0.05, 0) is 30.9 Å². The third kappa shape index (κ3) is 2.30. The highest BCUT2D eigenvalue weighted by atomic mass is 16.7. The van der Waals surface area contributed by atoms with Gasteiger partial charge in [0.2, 0.25) is 0 Å². The lowest BCUT2D eigenvalue weighted by Crippen LogP contribution is -2.38. The van der Waals surface area contributed by atoms with Crippen molar-refractivity contribution in [3.63, 3.8) is 0 Å². The van der Waals surface area contributed by atoms with E-state index < -0.39 is 0 Å². The van der Waals surface area contributed by atoms with E-state index in [1.165, 1.54) is 12.0 Å². The highest BCUT2D eigenvalue weighted by Gasteiger charge is 2.45. The Morgan fingerprint density at radius 3 is 2.89 bits per heavy atom. The van der Waals surface area contributed by atoms with E-state index in [4.69, 9.17) is 15.2 Å². The van der Waals surface area contributed by atoms with Crippen LogP contribution in [0.1, 0.15) is 37.4 Å². The van der Waals surface area contributed by atoms with Crippen molar-refractivity contribution in [2.24, 2.45) is 11.7 Å². The average molecular weight is 247 g/mol. The summed E-state index contributed by atoms with van der Waals surface area (Å²) in [5.41, 5.74) is 7.00. The van der Waals surface area contributed by atoms with E-state index in [0.29, 0.717) is 12.5 Å². The zero-order valence-corrected chi connectivity index (χ0v) is 10.7. The standard InChI is InChI=1S/C15H21NO2/c16-10-12-5-4-8-15(9-12)17-11-14(18-15)13-6-2-1-3-7-13/h1-3,6-7,12,14H,4-5,8-11,16H2/t12-,14-,15?/m0/s1. The van der Waals surface area contributed by atoms with Crippen LogP contribution in [-0.4, -0.2) is 18.9 Å². The summed E-state index contributed by atoms with van der Waals surface area (Å²) >= 11 is 0. The van der Waals surface area contributed by atoms with E-state index in [-0.39, 0.29) is 11.9 Å². The quantitative estimate of drug-likeness (QED) is 0.873. The molecule has 3 nitrogen and oxygen atoms in total. The second-order valence-corrected chi connectivity index (χ2v) is 5.44. The molecule has 1 aliphatic carbocycles. The van der Waals surface area contributed by atoms with Crippen LogP contribution < -0.4 is 5.73 Å². The van der Waals surface area contributed by atoms with Crippen molar-refractivity contribution >= 4 is 0 Å². The van der Waals surface area contributed by atoms with Gasteiger partial charge in [0.1, 0.15) is 6.10 Å². The summed E-state index contributed by atoms with van der Waals surface area (Å²) in [7, 11) is 0. The van der Waals surface area contributed by atoms with Crippen LogP contribution in [0.3, 0.4) is 0 Å². The molecule has 2 aliphatic rings. The van der Waals surface area contributed by atoms with Crippen LogP contribution in [-0.2, 0) is 9.47 Å². The highest BCUT2D eigenvalue weighted by molar-refractivity contribution is 5.18. The van der Waals surface area contributed by atoms with Gasteiger partial charge in [0.15, 0.2) is 5.79 Å².